The molecule has 0 aliphatic carbocycles. The highest BCUT2D eigenvalue weighted by atomic mass is 16.6. The van der Waals surface area contributed by atoms with Crippen LogP contribution in [0.4, 0.5) is 17.1 Å². The van der Waals surface area contributed by atoms with Gasteiger partial charge >= 0.3 is 17.9 Å². The highest BCUT2D eigenvalue weighted by Gasteiger charge is 2.22. The van der Waals surface area contributed by atoms with Gasteiger partial charge in [-0.25, -0.2) is 38.7 Å². The maximum Gasteiger partial charge on any atom is 0.337 e. The lowest BCUT2D eigenvalue weighted by atomic mass is 10.00. The summed E-state index contributed by atoms with van der Waals surface area (Å²) in [4.78, 5) is 105. The lowest BCUT2D eigenvalue weighted by molar-refractivity contribution is -0.384. The summed E-state index contributed by atoms with van der Waals surface area (Å²) in [6.07, 6.45) is 0. The molecule has 0 fully saturated rings. The summed E-state index contributed by atoms with van der Waals surface area (Å²) in [5, 5.41) is 47.0. The molecule has 9 N–H and O–H groups in total. The lowest BCUT2D eigenvalue weighted by Crippen LogP contribution is -2.11. The van der Waals surface area contributed by atoms with Crippen molar-refractivity contribution in [3.8, 4) is 79.0 Å². The van der Waals surface area contributed by atoms with Crippen molar-refractivity contribution < 1.29 is 43.4 Å². The zero-order valence-corrected chi connectivity index (χ0v) is 53.0. The molecular formula is C70H58N18O13. The van der Waals surface area contributed by atoms with Crippen LogP contribution in [-0.2, 0) is 22.6 Å². The average Bonchev–Trinajstić information content (AvgIpc) is 1.75. The number of benzene rings is 8. The molecule has 8 aromatic carbocycles. The van der Waals surface area contributed by atoms with E-state index in [9.17, 15) is 38.9 Å². The Bertz CT molecular complexity index is 5640. The first-order valence-electron chi connectivity index (χ1n) is 29.9. The van der Waals surface area contributed by atoms with Gasteiger partial charge in [-0.15, -0.1) is 20.4 Å². The fraction of sp³-hybridized carbons (Fsp3) is 0.100. The maximum atomic E-state index is 12.7. The molecule has 6 heterocycles. The molecule has 14 rings (SSSR count). The fourth-order valence-corrected chi connectivity index (χ4v) is 10.5. The van der Waals surface area contributed by atoms with Gasteiger partial charge in [-0.3, -0.25) is 24.5 Å². The fourth-order valence-electron chi connectivity index (χ4n) is 10.5. The van der Waals surface area contributed by atoms with Gasteiger partial charge in [0.2, 0.25) is 5.65 Å². The summed E-state index contributed by atoms with van der Waals surface area (Å²) in [6.45, 7) is 0.691. The molecule has 0 unspecified atom stereocenters. The Morgan fingerprint density at radius 3 is 1.26 bits per heavy atom. The van der Waals surface area contributed by atoms with Gasteiger partial charge in [0, 0.05) is 45.3 Å². The number of esters is 2. The van der Waals surface area contributed by atoms with Crippen molar-refractivity contribution >= 4 is 68.5 Å². The Hall–Kier alpha value is -14.4. The molecule has 0 spiro atoms. The number of methoxy groups -OCH3 is 4. The largest absolute Gasteiger partial charge is 0.497 e. The van der Waals surface area contributed by atoms with Crippen LogP contribution in [0, 0.1) is 10.1 Å². The van der Waals surface area contributed by atoms with Crippen LogP contribution in [-0.4, -0.2) is 132 Å². The van der Waals surface area contributed by atoms with Crippen molar-refractivity contribution in [3.05, 3.63) is 245 Å². The van der Waals surface area contributed by atoms with Crippen LogP contribution < -0.4 is 37.6 Å². The van der Waals surface area contributed by atoms with E-state index >= 15 is 0 Å². The van der Waals surface area contributed by atoms with Crippen molar-refractivity contribution in [2.75, 3.05) is 39.9 Å². The zero-order chi connectivity index (χ0) is 70.3. The van der Waals surface area contributed by atoms with Crippen LogP contribution >= 0.6 is 0 Å². The number of aromatic carboxylic acids is 1. The normalized spacial score (nSPS) is 10.8. The number of nitrogen functional groups attached to an aromatic ring is 2. The van der Waals surface area contributed by atoms with Gasteiger partial charge in [-0.05, 0) is 107 Å². The average molecular weight is 1360 g/mol. The zero-order valence-electron chi connectivity index (χ0n) is 53.0. The number of hydrogen-bond acceptors (Lipinski definition) is 23. The number of nitro benzene ring substituents is 1. The third kappa shape index (κ3) is 14.6. The molecule has 506 valence electrons. The van der Waals surface area contributed by atoms with Crippen molar-refractivity contribution in [2.24, 2.45) is 0 Å². The first-order valence-corrected chi connectivity index (χ1v) is 29.9. The van der Waals surface area contributed by atoms with Crippen LogP contribution in [0.25, 0.3) is 101 Å². The molecule has 31 heteroatoms. The predicted octanol–water partition coefficient (Wildman–Crippen LogP) is 9.17. The summed E-state index contributed by atoms with van der Waals surface area (Å²) in [6, 6.07) is 49.7. The van der Waals surface area contributed by atoms with Gasteiger partial charge < -0.3 is 50.5 Å². The van der Waals surface area contributed by atoms with Gasteiger partial charge in [-0.1, -0.05) is 109 Å². The number of carbonyl (C=O) groups is 3. The Morgan fingerprint density at radius 1 is 0.485 bits per heavy atom. The quantitative estimate of drug-likeness (QED) is 0.0205. The molecule has 31 nitrogen and oxygen atoms in total. The van der Waals surface area contributed by atoms with E-state index in [0.717, 1.165) is 39.1 Å². The van der Waals surface area contributed by atoms with E-state index in [4.69, 9.17) is 35.5 Å². The van der Waals surface area contributed by atoms with Crippen LogP contribution in [0.1, 0.15) is 49.6 Å². The van der Waals surface area contributed by atoms with E-state index in [2.05, 4.69) is 65.9 Å². The van der Waals surface area contributed by atoms with Crippen molar-refractivity contribution in [1.29, 1.82) is 0 Å². The van der Waals surface area contributed by atoms with Gasteiger partial charge in [-0.2, -0.15) is 5.21 Å². The standard InChI is InChI=1S/C26H20N6O6.C26H22N6O4.C17H12N6O3.CH4/c1-37-19-10-3-15(4-11-19)14-31-24-22(29-30-31)25(33)28-23(27-24)18-9-12-20(21(13-18)32(35)36)16-5-7-17(8-6-16)26(34)38-2;1-35-19-10-3-15(4-11-19)14-32-24-22(30-31-32)25(33)29-23(28-24)18-9-12-20(21(27)13-18)16-5-7-17(8-6-16)26(34)36-2;18-12-7-10(14-19-15-13(16(24)20-14)21-23-22-15)5-6-11(12)8-1-3-9(4-2-8)17(25)26;/h3-13H,14H2,1-2H3,(H,27,28,33);3-13H,14,27H2,1-2H3,(H,28,29,33);1-7H,18H2,(H,25,26)(H2,19,20,21,22,23,24);1H4. The third-order valence-corrected chi connectivity index (χ3v) is 15.7. The van der Waals surface area contributed by atoms with Crippen molar-refractivity contribution in [1.82, 2.24) is 75.3 Å². The SMILES string of the molecule is C.COC(=O)c1ccc(-c2ccc(-c3nc4c(nnn4Cc4ccc(OC)cc4)c(=O)[nH]3)cc2N)cc1.COC(=O)c1ccc(-c2ccc(-c3nc4c(nnn4Cc4ccc(OC)cc4)c(=O)[nH]3)cc2[N+](=O)[O-])cc1.Nc1cc(-c2nc3n[nH]nc3c(=O)[nH]2)ccc1-c1ccc(C(=O)O)cc1. The number of carboxylic acid groups (broad SMARTS) is 1. The second-order valence-electron chi connectivity index (χ2n) is 21.9. The summed E-state index contributed by atoms with van der Waals surface area (Å²) in [5.41, 5.74) is 21.6. The molecule has 0 radical (unpaired) electrons. The van der Waals surface area contributed by atoms with Crippen molar-refractivity contribution in [2.45, 2.75) is 20.5 Å². The number of nitro groups is 1. The van der Waals surface area contributed by atoms with Gasteiger partial charge in [0.15, 0.2) is 27.8 Å². The van der Waals surface area contributed by atoms with E-state index in [0.29, 0.717) is 86.5 Å². The first-order chi connectivity index (χ1) is 48.4. The second-order valence-corrected chi connectivity index (χ2v) is 21.9. The Kier molecular flexibility index (Phi) is 19.7. The van der Waals surface area contributed by atoms with Crippen LogP contribution in [0.15, 0.2) is 190 Å². The summed E-state index contributed by atoms with van der Waals surface area (Å²) >= 11 is 0. The number of carbonyl (C=O) groups excluding carboxylic acids is 2. The number of anilines is 2. The predicted molar refractivity (Wildman–Crippen MR) is 373 cm³/mol. The topological polar surface area (TPSA) is 444 Å². The number of ether oxygens (including phenoxy) is 4. The molecule has 0 saturated heterocycles. The molecule has 0 atom stereocenters. The Labute approximate surface area is 569 Å². The van der Waals surface area contributed by atoms with Crippen LogP contribution in [0.2, 0.25) is 0 Å². The molecule has 101 heavy (non-hydrogen) atoms. The minimum Gasteiger partial charge on any atom is -0.497 e. The van der Waals surface area contributed by atoms with E-state index in [-0.39, 0.29) is 52.3 Å². The number of H-pyrrole nitrogens is 4. The number of fused-ring (bicyclic) bond motifs is 3. The number of aromatic nitrogens is 15. The van der Waals surface area contributed by atoms with Gasteiger partial charge in [0.1, 0.15) is 29.0 Å². The second kappa shape index (κ2) is 29.3. The monoisotopic (exact) mass is 1360 g/mol. The number of hydrogen-bond donors (Lipinski definition) is 7. The minimum atomic E-state index is -0.988. The molecule has 0 aliphatic heterocycles. The van der Waals surface area contributed by atoms with Gasteiger partial charge in [0.05, 0.1) is 68.7 Å². The molecule has 14 aromatic rings. The summed E-state index contributed by atoms with van der Waals surface area (Å²) < 4.78 is 22.9. The number of nitrogens with zero attached hydrogens (tertiary/aromatic N) is 12. The number of nitrogens with one attached hydrogen (secondary N) is 4. The lowest BCUT2D eigenvalue weighted by Gasteiger charge is -2.10. The first kappa shape index (κ1) is 68.0. The number of aromatic amines is 4. The summed E-state index contributed by atoms with van der Waals surface area (Å²) in [5.74, 6) is 0.372. The van der Waals surface area contributed by atoms with Crippen molar-refractivity contribution in [3.63, 3.8) is 0 Å². The molecule has 6 aromatic heterocycles. The van der Waals surface area contributed by atoms with Crippen LogP contribution in [0.3, 0.4) is 0 Å². The molecule has 0 amide bonds. The Balaban J connectivity index is 0.000000154. The summed E-state index contributed by atoms with van der Waals surface area (Å²) in [7, 11) is 5.80. The molecule has 0 aliphatic rings. The number of carboxylic acids is 1. The third-order valence-electron chi connectivity index (χ3n) is 15.7. The molecular weight excluding hydrogens is 1300 g/mol. The number of rotatable bonds is 16. The Morgan fingerprint density at radius 2 is 0.861 bits per heavy atom. The smallest absolute Gasteiger partial charge is 0.337 e. The highest BCUT2D eigenvalue weighted by Crippen LogP contribution is 2.35. The molecule has 0 bridgehead atoms. The van der Waals surface area contributed by atoms with E-state index in [1.807, 2.05) is 60.7 Å². The maximum absolute atomic E-state index is 12.7. The van der Waals surface area contributed by atoms with E-state index in [1.165, 1.54) is 49.2 Å². The number of nitrogens with two attached hydrogens (primary N) is 2. The van der Waals surface area contributed by atoms with E-state index < -0.39 is 39.5 Å². The van der Waals surface area contributed by atoms with Crippen LogP contribution in [0.5, 0.6) is 11.5 Å². The van der Waals surface area contributed by atoms with E-state index in [1.54, 1.807) is 104 Å². The minimum absolute atomic E-state index is 0. The highest BCUT2D eigenvalue weighted by molar-refractivity contribution is 5.92. The molecule has 0 saturated carbocycles. The van der Waals surface area contributed by atoms with Gasteiger partial charge in [0.25, 0.3) is 22.4 Å².